The van der Waals surface area contributed by atoms with E-state index in [1.807, 2.05) is 17.0 Å². The van der Waals surface area contributed by atoms with Crippen LogP contribution in [0, 0.1) is 0 Å². The smallest absolute Gasteiger partial charge is 0.246 e. The van der Waals surface area contributed by atoms with E-state index in [2.05, 4.69) is 4.90 Å². The van der Waals surface area contributed by atoms with E-state index in [9.17, 15) is 4.79 Å². The number of hydrogen-bond acceptors (Lipinski definition) is 3. The Morgan fingerprint density at radius 3 is 2.78 bits per heavy atom. The van der Waals surface area contributed by atoms with Gasteiger partial charge < -0.3 is 9.32 Å². The zero-order chi connectivity index (χ0) is 12.4. The third-order valence-corrected chi connectivity index (χ3v) is 3.76. The van der Waals surface area contributed by atoms with Crippen LogP contribution in [0.4, 0.5) is 0 Å². The van der Waals surface area contributed by atoms with Crippen LogP contribution in [0.25, 0.3) is 6.08 Å². The molecule has 0 atom stereocenters. The van der Waals surface area contributed by atoms with Crippen molar-refractivity contribution in [2.45, 2.75) is 18.9 Å². The van der Waals surface area contributed by atoms with Crippen molar-refractivity contribution in [1.82, 2.24) is 9.80 Å². The summed E-state index contributed by atoms with van der Waals surface area (Å²) in [5.74, 6) is 0.807. The van der Waals surface area contributed by atoms with Gasteiger partial charge >= 0.3 is 0 Å². The summed E-state index contributed by atoms with van der Waals surface area (Å²) in [5.41, 5.74) is 0. The number of likely N-dealkylation sites (tertiary alicyclic amines) is 2. The Balaban J connectivity index is 1.47. The second-order valence-electron chi connectivity index (χ2n) is 4.99. The molecule has 4 heteroatoms. The molecule has 0 spiro atoms. The van der Waals surface area contributed by atoms with Gasteiger partial charge in [-0.2, -0.15) is 0 Å². The van der Waals surface area contributed by atoms with Crippen LogP contribution in [0.2, 0.25) is 0 Å². The van der Waals surface area contributed by atoms with E-state index in [0.29, 0.717) is 6.04 Å². The molecular weight excluding hydrogens is 228 g/mol. The van der Waals surface area contributed by atoms with E-state index in [4.69, 9.17) is 4.42 Å². The first kappa shape index (κ1) is 11.5. The molecule has 2 aliphatic heterocycles. The fourth-order valence-corrected chi connectivity index (χ4v) is 2.62. The van der Waals surface area contributed by atoms with Crippen molar-refractivity contribution >= 4 is 12.0 Å². The van der Waals surface area contributed by atoms with Gasteiger partial charge in [0.15, 0.2) is 0 Å². The van der Waals surface area contributed by atoms with Crippen molar-refractivity contribution in [3.8, 4) is 0 Å². The second kappa shape index (κ2) is 4.98. The number of hydrogen-bond donors (Lipinski definition) is 0. The molecular formula is C14H18N2O2. The largest absolute Gasteiger partial charge is 0.465 e. The summed E-state index contributed by atoms with van der Waals surface area (Å²) < 4.78 is 5.15. The number of amides is 1. The fourth-order valence-electron chi connectivity index (χ4n) is 2.62. The standard InChI is InChI=1S/C14H18N2O2/c17-14(6-5-13-4-3-9-18-13)16-10-12(11-16)15-7-1-2-8-15/h3-6,9,12H,1-2,7-8,10-11H2/b6-5+. The Morgan fingerprint density at radius 2 is 2.11 bits per heavy atom. The topological polar surface area (TPSA) is 36.7 Å². The first-order valence-corrected chi connectivity index (χ1v) is 6.57. The van der Waals surface area contributed by atoms with Crippen molar-refractivity contribution in [2.75, 3.05) is 26.2 Å². The summed E-state index contributed by atoms with van der Waals surface area (Å²) in [5, 5.41) is 0. The molecule has 1 amide bonds. The molecule has 0 aromatic carbocycles. The van der Waals surface area contributed by atoms with Crippen molar-refractivity contribution in [3.05, 3.63) is 30.2 Å². The molecule has 2 aliphatic rings. The van der Waals surface area contributed by atoms with Gasteiger partial charge in [-0.25, -0.2) is 0 Å². The lowest BCUT2D eigenvalue weighted by atomic mass is 10.1. The summed E-state index contributed by atoms with van der Waals surface area (Å²) >= 11 is 0. The Hall–Kier alpha value is -1.55. The van der Waals surface area contributed by atoms with Crippen molar-refractivity contribution < 1.29 is 9.21 Å². The van der Waals surface area contributed by atoms with Crippen LogP contribution in [0.1, 0.15) is 18.6 Å². The first-order chi connectivity index (χ1) is 8.83. The van der Waals surface area contributed by atoms with Crippen LogP contribution in [0.15, 0.2) is 28.9 Å². The minimum Gasteiger partial charge on any atom is -0.465 e. The molecule has 18 heavy (non-hydrogen) atoms. The summed E-state index contributed by atoms with van der Waals surface area (Å²) in [7, 11) is 0. The SMILES string of the molecule is O=C(/C=C/c1ccco1)N1CC(N2CCCC2)C1. The molecule has 0 unspecified atom stereocenters. The Bertz CT molecular complexity index is 427. The zero-order valence-electron chi connectivity index (χ0n) is 10.4. The molecule has 0 bridgehead atoms. The predicted octanol–water partition coefficient (Wildman–Crippen LogP) is 1.60. The lowest BCUT2D eigenvalue weighted by molar-refractivity contribution is -0.132. The van der Waals surface area contributed by atoms with Crippen LogP contribution >= 0.6 is 0 Å². The summed E-state index contributed by atoms with van der Waals surface area (Å²) in [6.45, 7) is 4.16. The van der Waals surface area contributed by atoms with Crippen LogP contribution in [-0.2, 0) is 4.79 Å². The lowest BCUT2D eigenvalue weighted by Crippen LogP contribution is -2.60. The molecule has 0 N–H and O–H groups in total. The van der Waals surface area contributed by atoms with Crippen molar-refractivity contribution in [1.29, 1.82) is 0 Å². The zero-order valence-corrected chi connectivity index (χ0v) is 10.4. The third kappa shape index (κ3) is 2.34. The van der Waals surface area contributed by atoms with Gasteiger partial charge in [0, 0.05) is 25.2 Å². The van der Waals surface area contributed by atoms with Crippen molar-refractivity contribution in [3.63, 3.8) is 0 Å². The number of nitrogens with zero attached hydrogens (tertiary/aromatic N) is 2. The van der Waals surface area contributed by atoms with Gasteiger partial charge in [0.2, 0.25) is 5.91 Å². The van der Waals surface area contributed by atoms with Crippen LogP contribution in [-0.4, -0.2) is 47.9 Å². The van der Waals surface area contributed by atoms with Gasteiger partial charge in [0.1, 0.15) is 5.76 Å². The maximum Gasteiger partial charge on any atom is 0.246 e. The fraction of sp³-hybridized carbons (Fsp3) is 0.500. The molecule has 0 aliphatic carbocycles. The average Bonchev–Trinajstić information content (AvgIpc) is 2.97. The molecule has 1 aromatic rings. The molecule has 2 saturated heterocycles. The highest BCUT2D eigenvalue weighted by molar-refractivity contribution is 5.92. The quantitative estimate of drug-likeness (QED) is 0.760. The molecule has 0 radical (unpaired) electrons. The highest BCUT2D eigenvalue weighted by atomic mass is 16.3. The minimum absolute atomic E-state index is 0.0850. The van der Waals surface area contributed by atoms with E-state index in [0.717, 1.165) is 18.8 Å². The summed E-state index contributed by atoms with van der Waals surface area (Å²) in [6, 6.07) is 4.25. The number of carbonyl (C=O) groups excluding carboxylic acids is 1. The van der Waals surface area contributed by atoms with E-state index in [1.165, 1.54) is 25.9 Å². The highest BCUT2D eigenvalue weighted by Gasteiger charge is 2.34. The van der Waals surface area contributed by atoms with E-state index in [-0.39, 0.29) is 5.91 Å². The third-order valence-electron chi connectivity index (χ3n) is 3.76. The maximum atomic E-state index is 11.9. The molecule has 3 rings (SSSR count). The van der Waals surface area contributed by atoms with Gasteiger partial charge in [-0.05, 0) is 44.1 Å². The van der Waals surface area contributed by atoms with Gasteiger partial charge in [0.05, 0.1) is 6.26 Å². The molecule has 0 saturated carbocycles. The van der Waals surface area contributed by atoms with Gasteiger partial charge in [-0.15, -0.1) is 0 Å². The molecule has 3 heterocycles. The monoisotopic (exact) mass is 246 g/mol. The van der Waals surface area contributed by atoms with Crippen LogP contribution in [0.3, 0.4) is 0 Å². The van der Waals surface area contributed by atoms with E-state index >= 15 is 0 Å². The first-order valence-electron chi connectivity index (χ1n) is 6.57. The highest BCUT2D eigenvalue weighted by Crippen LogP contribution is 2.20. The van der Waals surface area contributed by atoms with E-state index in [1.54, 1.807) is 18.4 Å². The summed E-state index contributed by atoms with van der Waals surface area (Å²) in [4.78, 5) is 16.3. The Morgan fingerprint density at radius 1 is 1.33 bits per heavy atom. The maximum absolute atomic E-state index is 11.9. The van der Waals surface area contributed by atoms with Crippen molar-refractivity contribution in [2.24, 2.45) is 0 Å². The number of rotatable bonds is 3. The van der Waals surface area contributed by atoms with Gasteiger partial charge in [0.25, 0.3) is 0 Å². The molecule has 4 nitrogen and oxygen atoms in total. The molecule has 2 fully saturated rings. The summed E-state index contributed by atoms with van der Waals surface area (Å²) in [6.07, 6.45) is 7.55. The normalized spacial score (nSPS) is 21.7. The minimum atomic E-state index is 0.0850. The van der Waals surface area contributed by atoms with Crippen LogP contribution < -0.4 is 0 Å². The Kier molecular flexibility index (Phi) is 3.19. The average molecular weight is 246 g/mol. The van der Waals surface area contributed by atoms with Gasteiger partial charge in [-0.1, -0.05) is 0 Å². The lowest BCUT2D eigenvalue weighted by Gasteiger charge is -2.43. The Labute approximate surface area is 107 Å². The number of furan rings is 1. The second-order valence-corrected chi connectivity index (χ2v) is 4.99. The molecule has 1 aromatic heterocycles. The van der Waals surface area contributed by atoms with E-state index < -0.39 is 0 Å². The molecule has 96 valence electrons. The number of carbonyl (C=O) groups is 1. The van der Waals surface area contributed by atoms with Crippen LogP contribution in [0.5, 0.6) is 0 Å². The predicted molar refractivity (Wildman–Crippen MR) is 68.9 cm³/mol. The van der Waals surface area contributed by atoms with Gasteiger partial charge in [-0.3, -0.25) is 9.69 Å².